The van der Waals surface area contributed by atoms with Gasteiger partial charge in [-0.25, -0.2) is 0 Å². The fourth-order valence-electron chi connectivity index (χ4n) is 2.21. The van der Waals surface area contributed by atoms with Crippen molar-refractivity contribution in [2.45, 2.75) is 19.3 Å². The number of hydrogen-bond acceptors (Lipinski definition) is 3. The van der Waals surface area contributed by atoms with E-state index in [4.69, 9.17) is 9.84 Å². The average Bonchev–Trinajstić information content (AvgIpc) is 2.35. The molecule has 2 rings (SSSR count). The summed E-state index contributed by atoms with van der Waals surface area (Å²) in [4.78, 5) is 10.5. The standard InChI is InChI=1S/C13H17NO3/c1-17-11-3-4-12-10(7-11)6-9(8-14-12)2-5-13(15)16/h3-4,7,9,14H,2,5-6,8H2,1H3,(H,15,16). The fourth-order valence-corrected chi connectivity index (χ4v) is 2.21. The van der Waals surface area contributed by atoms with Gasteiger partial charge >= 0.3 is 5.97 Å². The Labute approximate surface area is 101 Å². The molecule has 0 radical (unpaired) electrons. The maximum absolute atomic E-state index is 10.5. The minimum absolute atomic E-state index is 0.242. The molecule has 4 heteroatoms. The van der Waals surface area contributed by atoms with Crippen molar-refractivity contribution in [3.05, 3.63) is 23.8 Å². The number of rotatable bonds is 4. The lowest BCUT2D eigenvalue weighted by Crippen LogP contribution is -2.23. The number of hydrogen-bond donors (Lipinski definition) is 2. The zero-order chi connectivity index (χ0) is 12.3. The van der Waals surface area contributed by atoms with E-state index < -0.39 is 5.97 Å². The highest BCUT2D eigenvalue weighted by atomic mass is 16.5. The highest BCUT2D eigenvalue weighted by Crippen LogP contribution is 2.29. The molecule has 0 saturated heterocycles. The predicted molar refractivity (Wildman–Crippen MR) is 65.5 cm³/mol. The van der Waals surface area contributed by atoms with Crippen LogP contribution >= 0.6 is 0 Å². The summed E-state index contributed by atoms with van der Waals surface area (Å²) in [7, 11) is 1.65. The molecule has 92 valence electrons. The number of carbonyl (C=O) groups is 1. The molecule has 0 saturated carbocycles. The van der Waals surface area contributed by atoms with Gasteiger partial charge in [-0.1, -0.05) is 0 Å². The number of benzene rings is 1. The number of ether oxygens (including phenoxy) is 1. The molecular formula is C13H17NO3. The number of nitrogens with one attached hydrogen (secondary N) is 1. The molecule has 1 aromatic rings. The highest BCUT2D eigenvalue weighted by Gasteiger charge is 2.19. The quantitative estimate of drug-likeness (QED) is 0.839. The van der Waals surface area contributed by atoms with Gasteiger partial charge in [0.05, 0.1) is 7.11 Å². The molecule has 0 spiro atoms. The van der Waals surface area contributed by atoms with E-state index in [0.717, 1.165) is 30.8 Å². The third-order valence-electron chi connectivity index (χ3n) is 3.17. The topological polar surface area (TPSA) is 58.6 Å². The Morgan fingerprint density at radius 3 is 3.12 bits per heavy atom. The van der Waals surface area contributed by atoms with Crippen LogP contribution in [0.2, 0.25) is 0 Å². The number of anilines is 1. The number of carboxylic acids is 1. The molecule has 1 aromatic carbocycles. The van der Waals surface area contributed by atoms with Gasteiger partial charge < -0.3 is 15.2 Å². The largest absolute Gasteiger partial charge is 0.497 e. The van der Waals surface area contributed by atoms with Crippen molar-refractivity contribution in [3.63, 3.8) is 0 Å². The molecule has 1 aliphatic heterocycles. The monoisotopic (exact) mass is 235 g/mol. The van der Waals surface area contributed by atoms with Gasteiger partial charge in [0.2, 0.25) is 0 Å². The summed E-state index contributed by atoms with van der Waals surface area (Å²) in [6.45, 7) is 0.854. The molecular weight excluding hydrogens is 218 g/mol. The van der Waals surface area contributed by atoms with Gasteiger partial charge in [-0.3, -0.25) is 4.79 Å². The molecule has 0 fully saturated rings. The summed E-state index contributed by atoms with van der Waals surface area (Å²) in [6, 6.07) is 5.97. The van der Waals surface area contributed by atoms with Crippen LogP contribution in [0.25, 0.3) is 0 Å². The van der Waals surface area contributed by atoms with E-state index in [9.17, 15) is 4.79 Å². The van der Waals surface area contributed by atoms with Crippen molar-refractivity contribution in [1.82, 2.24) is 0 Å². The number of aliphatic carboxylic acids is 1. The number of methoxy groups -OCH3 is 1. The molecule has 0 bridgehead atoms. The van der Waals surface area contributed by atoms with E-state index in [2.05, 4.69) is 5.32 Å². The van der Waals surface area contributed by atoms with Crippen molar-refractivity contribution in [1.29, 1.82) is 0 Å². The smallest absolute Gasteiger partial charge is 0.303 e. The molecule has 4 nitrogen and oxygen atoms in total. The minimum atomic E-state index is -0.721. The van der Waals surface area contributed by atoms with E-state index in [1.54, 1.807) is 7.11 Å². The lowest BCUT2D eigenvalue weighted by Gasteiger charge is -2.26. The van der Waals surface area contributed by atoms with Crippen molar-refractivity contribution >= 4 is 11.7 Å². The summed E-state index contributed by atoms with van der Waals surface area (Å²) in [5.41, 5.74) is 2.35. The molecule has 17 heavy (non-hydrogen) atoms. The molecule has 0 aromatic heterocycles. The summed E-state index contributed by atoms with van der Waals surface area (Å²) in [6.07, 6.45) is 1.89. The Morgan fingerprint density at radius 2 is 2.41 bits per heavy atom. The van der Waals surface area contributed by atoms with Gasteiger partial charge in [0.15, 0.2) is 0 Å². The van der Waals surface area contributed by atoms with E-state index in [1.165, 1.54) is 5.56 Å². The second kappa shape index (κ2) is 5.08. The Bertz CT molecular complexity index is 417. The van der Waals surface area contributed by atoms with E-state index in [-0.39, 0.29) is 6.42 Å². The lowest BCUT2D eigenvalue weighted by molar-refractivity contribution is -0.137. The fraction of sp³-hybridized carbons (Fsp3) is 0.462. The Balaban J connectivity index is 2.03. The first-order chi connectivity index (χ1) is 8.19. The lowest BCUT2D eigenvalue weighted by atomic mass is 9.90. The maximum atomic E-state index is 10.5. The maximum Gasteiger partial charge on any atom is 0.303 e. The number of fused-ring (bicyclic) bond motifs is 1. The SMILES string of the molecule is COc1ccc2c(c1)CC(CCC(=O)O)CN2. The van der Waals surface area contributed by atoms with Gasteiger partial charge in [-0.05, 0) is 42.5 Å². The second-order valence-electron chi connectivity index (χ2n) is 4.41. The van der Waals surface area contributed by atoms with Gasteiger partial charge in [-0.2, -0.15) is 0 Å². The van der Waals surface area contributed by atoms with Gasteiger partial charge in [0.1, 0.15) is 5.75 Å². The van der Waals surface area contributed by atoms with Crippen LogP contribution in [0.5, 0.6) is 5.75 Å². The van der Waals surface area contributed by atoms with Crippen LogP contribution in [0.15, 0.2) is 18.2 Å². The van der Waals surface area contributed by atoms with Crippen LogP contribution in [0.4, 0.5) is 5.69 Å². The summed E-state index contributed by atoms with van der Waals surface area (Å²) in [5.74, 6) is 0.525. The van der Waals surface area contributed by atoms with E-state index in [1.807, 2.05) is 18.2 Å². The summed E-state index contributed by atoms with van der Waals surface area (Å²) in [5, 5.41) is 12.0. The highest BCUT2D eigenvalue weighted by molar-refractivity contribution is 5.66. The van der Waals surface area contributed by atoms with Crippen molar-refractivity contribution in [3.8, 4) is 5.75 Å². The first-order valence-corrected chi connectivity index (χ1v) is 5.81. The Kier molecular flexibility index (Phi) is 3.52. The molecule has 1 atom stereocenters. The van der Waals surface area contributed by atoms with Gasteiger partial charge in [0.25, 0.3) is 0 Å². The second-order valence-corrected chi connectivity index (χ2v) is 4.41. The third-order valence-corrected chi connectivity index (χ3v) is 3.17. The molecule has 0 amide bonds. The van der Waals surface area contributed by atoms with Crippen LogP contribution < -0.4 is 10.1 Å². The van der Waals surface area contributed by atoms with E-state index >= 15 is 0 Å². The zero-order valence-electron chi connectivity index (χ0n) is 9.90. The molecule has 1 heterocycles. The van der Waals surface area contributed by atoms with Crippen LogP contribution in [-0.2, 0) is 11.2 Å². The average molecular weight is 235 g/mol. The first kappa shape index (κ1) is 11.8. The summed E-state index contributed by atoms with van der Waals surface area (Å²) >= 11 is 0. The molecule has 1 aliphatic rings. The van der Waals surface area contributed by atoms with Crippen LogP contribution in [-0.4, -0.2) is 24.7 Å². The third kappa shape index (κ3) is 2.90. The Hall–Kier alpha value is -1.71. The summed E-state index contributed by atoms with van der Waals surface area (Å²) < 4.78 is 5.19. The van der Waals surface area contributed by atoms with Gasteiger partial charge in [0, 0.05) is 18.7 Å². The van der Waals surface area contributed by atoms with Crippen molar-refractivity contribution in [2.75, 3.05) is 19.0 Å². The van der Waals surface area contributed by atoms with Crippen molar-refractivity contribution < 1.29 is 14.6 Å². The van der Waals surface area contributed by atoms with Crippen molar-refractivity contribution in [2.24, 2.45) is 5.92 Å². The Morgan fingerprint density at radius 1 is 1.59 bits per heavy atom. The molecule has 1 unspecified atom stereocenters. The molecule has 0 aliphatic carbocycles. The van der Waals surface area contributed by atoms with Crippen LogP contribution in [0, 0.1) is 5.92 Å². The number of carboxylic acid groups (broad SMARTS) is 1. The molecule has 2 N–H and O–H groups in total. The minimum Gasteiger partial charge on any atom is -0.497 e. The zero-order valence-corrected chi connectivity index (χ0v) is 9.90. The normalized spacial score (nSPS) is 18.1. The van der Waals surface area contributed by atoms with Crippen LogP contribution in [0.1, 0.15) is 18.4 Å². The van der Waals surface area contributed by atoms with E-state index in [0.29, 0.717) is 5.92 Å². The van der Waals surface area contributed by atoms with Gasteiger partial charge in [-0.15, -0.1) is 0 Å². The predicted octanol–water partition coefficient (Wildman–Crippen LogP) is 2.14. The first-order valence-electron chi connectivity index (χ1n) is 5.81. The van der Waals surface area contributed by atoms with Crippen LogP contribution in [0.3, 0.4) is 0 Å².